The minimum absolute atomic E-state index is 0.578. The quantitative estimate of drug-likeness (QED) is 0.751. The molecular weight excluding hydrogens is 224 g/mol. The Labute approximate surface area is 107 Å². The van der Waals surface area contributed by atoms with Crippen LogP contribution in [0.1, 0.15) is 27.0 Å². The molecule has 18 heavy (non-hydrogen) atoms. The standard InChI is InChI=1S/C16H16O2/c1-11-4-5-16(14(7-11)10-17)18-15-8-12(2)6-13(3)9-15/h4-10H,1-3H3. The van der Waals surface area contributed by atoms with Crippen molar-refractivity contribution in [2.75, 3.05) is 0 Å². The monoisotopic (exact) mass is 240 g/mol. The molecule has 0 spiro atoms. The van der Waals surface area contributed by atoms with Crippen LogP contribution in [0.2, 0.25) is 0 Å². The molecular formula is C16H16O2. The summed E-state index contributed by atoms with van der Waals surface area (Å²) in [6.07, 6.45) is 0.824. The van der Waals surface area contributed by atoms with E-state index in [0.717, 1.165) is 28.7 Å². The van der Waals surface area contributed by atoms with Crippen LogP contribution in [0.15, 0.2) is 36.4 Å². The molecule has 2 nitrogen and oxygen atoms in total. The lowest BCUT2D eigenvalue weighted by Gasteiger charge is -2.10. The zero-order chi connectivity index (χ0) is 13.1. The van der Waals surface area contributed by atoms with Crippen molar-refractivity contribution in [1.29, 1.82) is 0 Å². The number of aldehydes is 1. The van der Waals surface area contributed by atoms with E-state index in [-0.39, 0.29) is 0 Å². The SMILES string of the molecule is Cc1cc(C)cc(Oc2ccc(C)cc2C=O)c1. The van der Waals surface area contributed by atoms with Gasteiger partial charge in [0.25, 0.3) is 0 Å². The Morgan fingerprint density at radius 2 is 1.56 bits per heavy atom. The largest absolute Gasteiger partial charge is 0.457 e. The molecule has 0 saturated carbocycles. The van der Waals surface area contributed by atoms with Crippen LogP contribution in [0.4, 0.5) is 0 Å². The molecule has 2 aromatic carbocycles. The first kappa shape index (κ1) is 12.4. The average molecular weight is 240 g/mol. The number of carbonyl (C=O) groups excluding carboxylic acids is 1. The maximum absolute atomic E-state index is 11.0. The highest BCUT2D eigenvalue weighted by Gasteiger charge is 2.05. The lowest BCUT2D eigenvalue weighted by molar-refractivity contribution is 0.112. The first-order chi connectivity index (χ1) is 8.58. The van der Waals surface area contributed by atoms with E-state index in [0.29, 0.717) is 11.3 Å². The van der Waals surface area contributed by atoms with E-state index in [2.05, 4.69) is 6.07 Å². The first-order valence-electron chi connectivity index (χ1n) is 5.90. The van der Waals surface area contributed by atoms with Gasteiger partial charge >= 0.3 is 0 Å². The summed E-state index contributed by atoms with van der Waals surface area (Å²) in [5, 5.41) is 0. The van der Waals surface area contributed by atoms with Gasteiger partial charge in [-0.1, -0.05) is 17.7 Å². The predicted octanol–water partition coefficient (Wildman–Crippen LogP) is 4.22. The molecule has 0 bridgehead atoms. The van der Waals surface area contributed by atoms with Crippen molar-refractivity contribution in [2.45, 2.75) is 20.8 Å². The van der Waals surface area contributed by atoms with Gasteiger partial charge in [-0.05, 0) is 56.2 Å². The maximum Gasteiger partial charge on any atom is 0.153 e. The average Bonchev–Trinajstić information content (AvgIpc) is 2.30. The molecule has 0 aromatic heterocycles. The van der Waals surface area contributed by atoms with Crippen LogP contribution in [0, 0.1) is 20.8 Å². The molecule has 92 valence electrons. The number of hydrogen-bond acceptors (Lipinski definition) is 2. The molecule has 2 aromatic rings. The minimum Gasteiger partial charge on any atom is -0.457 e. The molecule has 0 heterocycles. The van der Waals surface area contributed by atoms with Crippen LogP contribution in [-0.4, -0.2) is 6.29 Å². The second-order valence-corrected chi connectivity index (χ2v) is 4.58. The molecule has 0 aliphatic carbocycles. The molecule has 0 N–H and O–H groups in total. The molecule has 0 aliphatic rings. The van der Waals surface area contributed by atoms with Crippen LogP contribution in [0.5, 0.6) is 11.5 Å². The van der Waals surface area contributed by atoms with Crippen molar-refractivity contribution < 1.29 is 9.53 Å². The second-order valence-electron chi connectivity index (χ2n) is 4.58. The fourth-order valence-electron chi connectivity index (χ4n) is 1.97. The van der Waals surface area contributed by atoms with Crippen molar-refractivity contribution in [2.24, 2.45) is 0 Å². The molecule has 0 aliphatic heterocycles. The van der Waals surface area contributed by atoms with Gasteiger partial charge in [0.2, 0.25) is 0 Å². The zero-order valence-electron chi connectivity index (χ0n) is 10.9. The zero-order valence-corrected chi connectivity index (χ0v) is 10.9. The number of aryl methyl sites for hydroxylation is 3. The highest BCUT2D eigenvalue weighted by Crippen LogP contribution is 2.26. The number of rotatable bonds is 3. The van der Waals surface area contributed by atoms with Gasteiger partial charge < -0.3 is 4.74 Å². The Morgan fingerprint density at radius 1 is 0.889 bits per heavy atom. The van der Waals surface area contributed by atoms with Gasteiger partial charge in [0.15, 0.2) is 6.29 Å². The molecule has 0 radical (unpaired) electrons. The third kappa shape index (κ3) is 2.77. The van der Waals surface area contributed by atoms with E-state index >= 15 is 0 Å². The summed E-state index contributed by atoms with van der Waals surface area (Å²) in [7, 11) is 0. The Hall–Kier alpha value is -2.09. The highest BCUT2D eigenvalue weighted by atomic mass is 16.5. The summed E-state index contributed by atoms with van der Waals surface area (Å²) >= 11 is 0. The van der Waals surface area contributed by atoms with Gasteiger partial charge in [-0.15, -0.1) is 0 Å². The fraction of sp³-hybridized carbons (Fsp3) is 0.188. The maximum atomic E-state index is 11.0. The minimum atomic E-state index is 0.578. The number of benzene rings is 2. The smallest absolute Gasteiger partial charge is 0.153 e. The molecule has 2 rings (SSSR count). The third-order valence-electron chi connectivity index (χ3n) is 2.72. The van der Waals surface area contributed by atoms with Crippen molar-refractivity contribution in [3.8, 4) is 11.5 Å². The van der Waals surface area contributed by atoms with Crippen LogP contribution >= 0.6 is 0 Å². The fourth-order valence-corrected chi connectivity index (χ4v) is 1.97. The van der Waals surface area contributed by atoms with E-state index in [4.69, 9.17) is 4.74 Å². The van der Waals surface area contributed by atoms with Crippen molar-refractivity contribution >= 4 is 6.29 Å². The third-order valence-corrected chi connectivity index (χ3v) is 2.72. The van der Waals surface area contributed by atoms with Gasteiger partial charge in [-0.3, -0.25) is 4.79 Å². The van der Waals surface area contributed by atoms with Gasteiger partial charge in [-0.25, -0.2) is 0 Å². The Balaban J connectivity index is 2.36. The first-order valence-corrected chi connectivity index (χ1v) is 5.90. The van der Waals surface area contributed by atoms with E-state index in [1.54, 1.807) is 0 Å². The molecule has 0 atom stereocenters. The van der Waals surface area contributed by atoms with Crippen LogP contribution in [0.3, 0.4) is 0 Å². The van der Waals surface area contributed by atoms with E-state index < -0.39 is 0 Å². The molecule has 0 unspecified atom stereocenters. The summed E-state index contributed by atoms with van der Waals surface area (Å²) in [4.78, 5) is 11.0. The molecule has 0 amide bonds. The number of ether oxygens (including phenoxy) is 1. The Morgan fingerprint density at radius 3 is 2.17 bits per heavy atom. The summed E-state index contributed by atoms with van der Waals surface area (Å²) in [6, 6.07) is 11.6. The molecule has 0 fully saturated rings. The molecule has 2 heteroatoms. The lowest BCUT2D eigenvalue weighted by Crippen LogP contribution is -1.92. The predicted molar refractivity (Wildman–Crippen MR) is 72.6 cm³/mol. The van der Waals surface area contributed by atoms with Gasteiger partial charge in [0, 0.05) is 0 Å². The lowest BCUT2D eigenvalue weighted by atomic mass is 10.1. The van der Waals surface area contributed by atoms with E-state index in [1.165, 1.54) is 0 Å². The topological polar surface area (TPSA) is 26.3 Å². The Bertz CT molecular complexity index is 565. The van der Waals surface area contributed by atoms with Crippen molar-refractivity contribution in [3.63, 3.8) is 0 Å². The normalized spacial score (nSPS) is 10.2. The van der Waals surface area contributed by atoms with Crippen molar-refractivity contribution in [3.05, 3.63) is 58.7 Å². The van der Waals surface area contributed by atoms with Crippen LogP contribution < -0.4 is 4.74 Å². The second kappa shape index (κ2) is 5.05. The van der Waals surface area contributed by atoms with Gasteiger partial charge in [-0.2, -0.15) is 0 Å². The van der Waals surface area contributed by atoms with Gasteiger partial charge in [0.1, 0.15) is 11.5 Å². The summed E-state index contributed by atoms with van der Waals surface area (Å²) in [5.41, 5.74) is 3.91. The summed E-state index contributed by atoms with van der Waals surface area (Å²) < 4.78 is 5.79. The van der Waals surface area contributed by atoms with E-state index in [9.17, 15) is 4.79 Å². The number of carbonyl (C=O) groups is 1. The highest BCUT2D eigenvalue weighted by molar-refractivity contribution is 5.79. The number of hydrogen-bond donors (Lipinski definition) is 0. The Kier molecular flexibility index (Phi) is 3.47. The molecule has 0 saturated heterocycles. The van der Waals surface area contributed by atoms with Crippen molar-refractivity contribution in [1.82, 2.24) is 0 Å². The summed E-state index contributed by atoms with van der Waals surface area (Å²) in [5.74, 6) is 1.36. The van der Waals surface area contributed by atoms with Crippen LogP contribution in [-0.2, 0) is 0 Å². The van der Waals surface area contributed by atoms with Crippen LogP contribution in [0.25, 0.3) is 0 Å². The summed E-state index contributed by atoms with van der Waals surface area (Å²) in [6.45, 7) is 6.00. The van der Waals surface area contributed by atoms with Gasteiger partial charge in [0.05, 0.1) is 5.56 Å². The van der Waals surface area contributed by atoms with E-state index in [1.807, 2.05) is 51.1 Å².